The fourth-order valence-electron chi connectivity index (χ4n) is 3.53. The van der Waals surface area contributed by atoms with Crippen molar-refractivity contribution >= 4 is 23.4 Å². The Morgan fingerprint density at radius 1 is 1.23 bits per heavy atom. The molecule has 30 heavy (non-hydrogen) atoms. The van der Waals surface area contributed by atoms with Gasteiger partial charge in [-0.2, -0.15) is 0 Å². The van der Waals surface area contributed by atoms with E-state index >= 15 is 0 Å². The quantitative estimate of drug-likeness (QED) is 0.602. The average molecular weight is 419 g/mol. The number of ether oxygens (including phenoxy) is 3. The molecule has 2 aliphatic rings. The number of nitrogens with zero attached hydrogens (tertiary/aromatic N) is 1. The van der Waals surface area contributed by atoms with Gasteiger partial charge in [0, 0.05) is 38.4 Å². The minimum absolute atomic E-state index is 0.0936. The van der Waals surface area contributed by atoms with E-state index in [1.54, 1.807) is 30.2 Å². The number of carbonyl (C=O) groups is 3. The molecule has 0 spiro atoms. The molecule has 164 valence electrons. The third-order valence-electron chi connectivity index (χ3n) is 5.19. The first-order valence-electron chi connectivity index (χ1n) is 10.2. The van der Waals surface area contributed by atoms with Crippen molar-refractivity contribution in [3.8, 4) is 11.5 Å². The summed E-state index contributed by atoms with van der Waals surface area (Å²) in [5.74, 6) is -0.0941. The summed E-state index contributed by atoms with van der Waals surface area (Å²) in [6.07, 6.45) is 0.0936. The number of carbonyl (C=O) groups excluding carboxylic acids is 3. The zero-order valence-electron chi connectivity index (χ0n) is 17.6. The van der Waals surface area contributed by atoms with Gasteiger partial charge in [-0.25, -0.2) is 0 Å². The predicted molar refractivity (Wildman–Crippen MR) is 110 cm³/mol. The second-order valence-corrected chi connectivity index (χ2v) is 7.75. The van der Waals surface area contributed by atoms with E-state index < -0.39 is 12.0 Å². The maximum atomic E-state index is 12.8. The Hall–Kier alpha value is -2.81. The zero-order valence-corrected chi connectivity index (χ0v) is 17.6. The number of nitrogens with one attached hydrogen (secondary N) is 2. The Morgan fingerprint density at radius 2 is 1.97 bits per heavy atom. The summed E-state index contributed by atoms with van der Waals surface area (Å²) in [7, 11) is 1.55. The summed E-state index contributed by atoms with van der Waals surface area (Å²) in [6.45, 7) is 5.69. The smallest absolute Gasteiger partial charge is 0.242 e. The van der Waals surface area contributed by atoms with E-state index in [4.69, 9.17) is 14.2 Å². The van der Waals surface area contributed by atoms with Crippen LogP contribution in [-0.2, 0) is 19.1 Å². The van der Waals surface area contributed by atoms with Crippen molar-refractivity contribution in [2.75, 3.05) is 44.9 Å². The minimum Gasteiger partial charge on any atom is -0.486 e. The molecule has 2 atom stereocenters. The number of amides is 3. The first-order chi connectivity index (χ1) is 14.4. The predicted octanol–water partition coefficient (Wildman–Crippen LogP) is 0.714. The van der Waals surface area contributed by atoms with Gasteiger partial charge in [-0.3, -0.25) is 14.4 Å². The molecule has 0 aromatic heterocycles. The number of fused-ring (bicyclic) bond motifs is 1. The topological polar surface area (TPSA) is 106 Å². The van der Waals surface area contributed by atoms with Gasteiger partial charge < -0.3 is 29.7 Å². The van der Waals surface area contributed by atoms with Crippen LogP contribution in [0.1, 0.15) is 20.3 Å². The summed E-state index contributed by atoms with van der Waals surface area (Å²) in [4.78, 5) is 39.4. The van der Waals surface area contributed by atoms with Crippen molar-refractivity contribution in [3.63, 3.8) is 0 Å². The summed E-state index contributed by atoms with van der Waals surface area (Å²) < 4.78 is 16.0. The highest BCUT2D eigenvalue weighted by atomic mass is 16.6. The highest BCUT2D eigenvalue weighted by Crippen LogP contribution is 2.36. The Balaban J connectivity index is 1.63. The summed E-state index contributed by atoms with van der Waals surface area (Å²) in [5, 5.41) is 5.56. The van der Waals surface area contributed by atoms with Gasteiger partial charge in [0.1, 0.15) is 19.3 Å². The third kappa shape index (κ3) is 5.02. The molecule has 2 N–H and O–H groups in total. The minimum atomic E-state index is -0.673. The Kier molecular flexibility index (Phi) is 7.15. The summed E-state index contributed by atoms with van der Waals surface area (Å²) in [6, 6.07) is 4.63. The zero-order chi connectivity index (χ0) is 21.7. The molecular formula is C21H29N3O6. The van der Waals surface area contributed by atoms with Gasteiger partial charge in [0.2, 0.25) is 17.7 Å². The van der Waals surface area contributed by atoms with Crippen molar-refractivity contribution in [3.05, 3.63) is 18.2 Å². The van der Waals surface area contributed by atoms with Crippen LogP contribution in [0.4, 0.5) is 5.69 Å². The standard InChI is InChI=1S/C21H29N3O6/c1-13(2)19(21(27)22-6-7-28-3)23-20(26)14-10-18(25)24(12-14)15-4-5-16-17(11-15)30-9-8-29-16/h4-5,11,13-14,19H,6-10,12H2,1-3H3,(H,22,27)(H,23,26)/t14-,19+/m0/s1. The van der Waals surface area contributed by atoms with Crippen molar-refractivity contribution < 1.29 is 28.6 Å². The van der Waals surface area contributed by atoms with Gasteiger partial charge in [0.15, 0.2) is 11.5 Å². The second-order valence-electron chi connectivity index (χ2n) is 7.75. The lowest BCUT2D eigenvalue weighted by molar-refractivity contribution is -0.132. The van der Waals surface area contributed by atoms with E-state index in [2.05, 4.69) is 10.6 Å². The Morgan fingerprint density at radius 3 is 2.67 bits per heavy atom. The average Bonchev–Trinajstić information content (AvgIpc) is 3.13. The summed E-state index contributed by atoms with van der Waals surface area (Å²) in [5.41, 5.74) is 0.664. The molecular weight excluding hydrogens is 390 g/mol. The highest BCUT2D eigenvalue weighted by molar-refractivity contribution is 6.01. The molecule has 3 rings (SSSR count). The van der Waals surface area contributed by atoms with E-state index in [1.807, 2.05) is 13.8 Å². The van der Waals surface area contributed by atoms with E-state index in [1.165, 1.54) is 0 Å². The van der Waals surface area contributed by atoms with Crippen molar-refractivity contribution in [1.29, 1.82) is 0 Å². The van der Waals surface area contributed by atoms with Crippen LogP contribution in [0.2, 0.25) is 0 Å². The Bertz CT molecular complexity index is 797. The van der Waals surface area contributed by atoms with Crippen LogP contribution in [0.3, 0.4) is 0 Å². The first kappa shape index (κ1) is 21.9. The Labute approximate surface area is 176 Å². The van der Waals surface area contributed by atoms with Gasteiger partial charge in [0.05, 0.1) is 12.5 Å². The number of anilines is 1. The molecule has 2 heterocycles. The van der Waals surface area contributed by atoms with E-state index in [0.717, 1.165) is 0 Å². The number of rotatable bonds is 8. The van der Waals surface area contributed by atoms with Gasteiger partial charge in [-0.15, -0.1) is 0 Å². The van der Waals surface area contributed by atoms with Crippen LogP contribution in [-0.4, -0.2) is 63.8 Å². The second kappa shape index (κ2) is 9.80. The van der Waals surface area contributed by atoms with E-state index in [9.17, 15) is 14.4 Å². The van der Waals surface area contributed by atoms with Gasteiger partial charge in [-0.05, 0) is 18.1 Å². The van der Waals surface area contributed by atoms with Crippen LogP contribution in [0.15, 0.2) is 18.2 Å². The lowest BCUT2D eigenvalue weighted by Crippen LogP contribution is -2.51. The number of methoxy groups -OCH3 is 1. The molecule has 0 unspecified atom stereocenters. The van der Waals surface area contributed by atoms with Gasteiger partial charge in [0.25, 0.3) is 0 Å². The molecule has 9 nitrogen and oxygen atoms in total. The fourth-order valence-corrected chi connectivity index (χ4v) is 3.53. The van der Waals surface area contributed by atoms with Crippen molar-refractivity contribution in [2.45, 2.75) is 26.3 Å². The maximum Gasteiger partial charge on any atom is 0.242 e. The van der Waals surface area contributed by atoms with E-state index in [-0.39, 0.29) is 36.6 Å². The normalized spacial score (nSPS) is 19.0. The van der Waals surface area contributed by atoms with Crippen LogP contribution >= 0.6 is 0 Å². The number of hydrogen-bond acceptors (Lipinski definition) is 6. The number of hydrogen-bond donors (Lipinski definition) is 2. The lowest BCUT2D eigenvalue weighted by Gasteiger charge is -2.24. The molecule has 1 saturated heterocycles. The SMILES string of the molecule is COCCNC(=O)[C@H](NC(=O)[C@H]1CC(=O)N(c2ccc3c(c2)OCCO3)C1)C(C)C. The molecule has 3 amide bonds. The van der Waals surface area contributed by atoms with Crippen LogP contribution < -0.4 is 25.0 Å². The molecule has 9 heteroatoms. The molecule has 1 aromatic carbocycles. The first-order valence-corrected chi connectivity index (χ1v) is 10.2. The van der Waals surface area contributed by atoms with Crippen LogP contribution in [0.25, 0.3) is 0 Å². The highest BCUT2D eigenvalue weighted by Gasteiger charge is 2.37. The lowest BCUT2D eigenvalue weighted by atomic mass is 10.0. The molecule has 0 aliphatic carbocycles. The third-order valence-corrected chi connectivity index (χ3v) is 5.19. The van der Waals surface area contributed by atoms with Gasteiger partial charge in [-0.1, -0.05) is 13.8 Å². The molecule has 0 bridgehead atoms. The number of benzene rings is 1. The molecule has 2 aliphatic heterocycles. The maximum absolute atomic E-state index is 12.8. The molecule has 0 saturated carbocycles. The summed E-state index contributed by atoms with van der Waals surface area (Å²) >= 11 is 0. The molecule has 0 radical (unpaired) electrons. The largest absolute Gasteiger partial charge is 0.486 e. The van der Waals surface area contributed by atoms with Gasteiger partial charge >= 0.3 is 0 Å². The molecule has 1 fully saturated rings. The van der Waals surface area contributed by atoms with Crippen molar-refractivity contribution in [1.82, 2.24) is 10.6 Å². The fraction of sp³-hybridized carbons (Fsp3) is 0.571. The monoisotopic (exact) mass is 419 g/mol. The van der Waals surface area contributed by atoms with Crippen LogP contribution in [0, 0.1) is 11.8 Å². The molecule has 1 aromatic rings. The van der Waals surface area contributed by atoms with Crippen molar-refractivity contribution in [2.24, 2.45) is 11.8 Å². The van der Waals surface area contributed by atoms with Crippen LogP contribution in [0.5, 0.6) is 11.5 Å². The van der Waals surface area contributed by atoms with E-state index in [0.29, 0.717) is 43.6 Å².